The van der Waals surface area contributed by atoms with Crippen molar-refractivity contribution in [2.24, 2.45) is 0 Å². The molecular weight excluding hydrogens is 219 g/mol. The molecule has 0 fully saturated rings. The molecule has 0 aromatic heterocycles. The molecule has 0 heterocycles. The number of nitro benzene ring substituents is 1. The van der Waals surface area contributed by atoms with E-state index in [1.165, 1.54) is 0 Å². The predicted molar refractivity (Wildman–Crippen MR) is 45.4 cm³/mol. The van der Waals surface area contributed by atoms with Gasteiger partial charge in [-0.2, -0.15) is 13.2 Å². The summed E-state index contributed by atoms with van der Waals surface area (Å²) in [5.74, 6) is 0. The number of halogens is 3. The third-order valence-electron chi connectivity index (χ3n) is 1.50. The molecule has 0 saturated heterocycles. The van der Waals surface area contributed by atoms with Crippen molar-refractivity contribution < 1.29 is 18.1 Å². The van der Waals surface area contributed by atoms with E-state index in [0.717, 1.165) is 12.1 Å². The fraction of sp³-hybridized carbons (Fsp3) is 0.143. The zero-order chi connectivity index (χ0) is 10.9. The van der Waals surface area contributed by atoms with E-state index < -0.39 is 22.4 Å². The molecule has 0 radical (unpaired) electrons. The Morgan fingerprint density at radius 1 is 1.36 bits per heavy atom. The molecule has 3 nitrogen and oxygen atoms in total. The Morgan fingerprint density at radius 3 is 2.36 bits per heavy atom. The van der Waals surface area contributed by atoms with Gasteiger partial charge in [0.25, 0.3) is 5.69 Å². The summed E-state index contributed by atoms with van der Waals surface area (Å²) in [6.45, 7) is 0. The Hall–Kier alpha value is -1.24. The molecule has 0 atom stereocenters. The van der Waals surface area contributed by atoms with Gasteiger partial charge in [0.15, 0.2) is 0 Å². The number of thiol groups is 1. The van der Waals surface area contributed by atoms with Gasteiger partial charge in [0.2, 0.25) is 0 Å². The maximum atomic E-state index is 12.1. The largest absolute Gasteiger partial charge is 0.416 e. The van der Waals surface area contributed by atoms with Crippen LogP contribution in [0.1, 0.15) is 5.56 Å². The Labute approximate surface area is 82.1 Å². The van der Waals surface area contributed by atoms with Gasteiger partial charge >= 0.3 is 6.18 Å². The molecule has 0 unspecified atom stereocenters. The zero-order valence-corrected chi connectivity index (χ0v) is 7.47. The zero-order valence-electron chi connectivity index (χ0n) is 6.58. The van der Waals surface area contributed by atoms with Crippen molar-refractivity contribution >= 4 is 18.3 Å². The number of nitro groups is 1. The van der Waals surface area contributed by atoms with Gasteiger partial charge in [-0.05, 0) is 12.1 Å². The van der Waals surface area contributed by atoms with Crippen molar-refractivity contribution in [3.8, 4) is 0 Å². The highest BCUT2D eigenvalue weighted by atomic mass is 32.1. The number of benzene rings is 1. The molecule has 1 aromatic carbocycles. The summed E-state index contributed by atoms with van der Waals surface area (Å²) in [6, 6.07) is 2.15. The summed E-state index contributed by atoms with van der Waals surface area (Å²) in [4.78, 5) is 9.29. The van der Waals surface area contributed by atoms with Crippen molar-refractivity contribution in [1.29, 1.82) is 0 Å². The molecule has 0 aliphatic rings. The normalized spacial score (nSPS) is 11.4. The highest BCUT2D eigenvalue weighted by Crippen LogP contribution is 2.33. The molecule has 0 amide bonds. The van der Waals surface area contributed by atoms with Crippen molar-refractivity contribution in [2.45, 2.75) is 11.1 Å². The second-order valence-corrected chi connectivity index (χ2v) is 2.94. The van der Waals surface area contributed by atoms with Crippen molar-refractivity contribution in [1.82, 2.24) is 0 Å². The van der Waals surface area contributed by atoms with Gasteiger partial charge in [-0.1, -0.05) is 0 Å². The molecule has 0 spiro atoms. The molecule has 14 heavy (non-hydrogen) atoms. The van der Waals surface area contributed by atoms with E-state index in [0.29, 0.717) is 6.07 Å². The second kappa shape index (κ2) is 3.49. The minimum atomic E-state index is -4.58. The summed E-state index contributed by atoms with van der Waals surface area (Å²) in [5.41, 5.74) is -1.70. The van der Waals surface area contributed by atoms with Gasteiger partial charge in [-0.25, -0.2) is 0 Å². The van der Waals surface area contributed by atoms with Crippen LogP contribution >= 0.6 is 12.6 Å². The second-order valence-electron chi connectivity index (χ2n) is 2.46. The first-order valence-corrected chi connectivity index (χ1v) is 3.81. The van der Waals surface area contributed by atoms with E-state index >= 15 is 0 Å². The Morgan fingerprint density at radius 2 is 1.93 bits per heavy atom. The van der Waals surface area contributed by atoms with Crippen LogP contribution in [0.4, 0.5) is 18.9 Å². The first-order valence-electron chi connectivity index (χ1n) is 3.37. The minimum Gasteiger partial charge on any atom is -0.258 e. The number of nitrogens with zero attached hydrogens (tertiary/aromatic N) is 1. The van der Waals surface area contributed by atoms with Crippen LogP contribution < -0.4 is 0 Å². The number of hydrogen-bond acceptors (Lipinski definition) is 3. The predicted octanol–water partition coefficient (Wildman–Crippen LogP) is 2.90. The number of rotatable bonds is 1. The van der Waals surface area contributed by atoms with E-state index in [1.54, 1.807) is 0 Å². The standard InChI is InChI=1S/C7H4F3NO2S/c8-7(9,10)4-1-2-6(14)5(3-4)11(12)13/h1-3,14H. The number of alkyl halides is 3. The molecule has 7 heteroatoms. The lowest BCUT2D eigenvalue weighted by atomic mass is 10.2. The van der Waals surface area contributed by atoms with Crippen molar-refractivity contribution in [3.05, 3.63) is 33.9 Å². The molecule has 1 aromatic rings. The molecule has 1 rings (SSSR count). The molecule has 0 N–H and O–H groups in total. The van der Waals surface area contributed by atoms with Crippen LogP contribution in [0.3, 0.4) is 0 Å². The maximum Gasteiger partial charge on any atom is 0.416 e. The van der Waals surface area contributed by atoms with Gasteiger partial charge in [0, 0.05) is 6.07 Å². The third-order valence-corrected chi connectivity index (χ3v) is 1.88. The lowest BCUT2D eigenvalue weighted by molar-refractivity contribution is -0.388. The van der Waals surface area contributed by atoms with Crippen molar-refractivity contribution in [3.63, 3.8) is 0 Å². The Kier molecular flexibility index (Phi) is 2.70. The van der Waals surface area contributed by atoms with Crippen LogP contribution in [0.5, 0.6) is 0 Å². The average Bonchev–Trinajstić information content (AvgIpc) is 2.02. The Balaban J connectivity index is 3.27. The summed E-state index contributed by atoms with van der Waals surface area (Å²) in [5, 5.41) is 10.3. The molecule has 0 aliphatic carbocycles. The van der Waals surface area contributed by atoms with E-state index in [4.69, 9.17) is 0 Å². The van der Waals surface area contributed by atoms with E-state index in [9.17, 15) is 23.3 Å². The van der Waals surface area contributed by atoms with Crippen LogP contribution in [0.2, 0.25) is 0 Å². The monoisotopic (exact) mass is 223 g/mol. The Bertz CT molecular complexity index is 378. The van der Waals surface area contributed by atoms with Gasteiger partial charge in [0.1, 0.15) is 0 Å². The van der Waals surface area contributed by atoms with Crippen LogP contribution in [0.25, 0.3) is 0 Å². The molecular formula is C7H4F3NO2S. The first-order chi connectivity index (χ1) is 6.32. The summed E-state index contributed by atoms with van der Waals surface area (Å²) < 4.78 is 36.3. The van der Waals surface area contributed by atoms with Gasteiger partial charge in [-0.3, -0.25) is 10.1 Å². The lowest BCUT2D eigenvalue weighted by Crippen LogP contribution is -2.05. The van der Waals surface area contributed by atoms with Gasteiger partial charge in [-0.15, -0.1) is 12.6 Å². The van der Waals surface area contributed by atoms with E-state index in [-0.39, 0.29) is 4.90 Å². The quantitative estimate of drug-likeness (QED) is 0.452. The molecule has 0 bridgehead atoms. The average molecular weight is 223 g/mol. The van der Waals surface area contributed by atoms with Crippen molar-refractivity contribution in [2.75, 3.05) is 0 Å². The summed E-state index contributed by atoms with van der Waals surface area (Å²) in [7, 11) is 0. The minimum absolute atomic E-state index is 0.0944. The topological polar surface area (TPSA) is 43.1 Å². The smallest absolute Gasteiger partial charge is 0.258 e. The highest BCUT2D eigenvalue weighted by molar-refractivity contribution is 7.80. The highest BCUT2D eigenvalue weighted by Gasteiger charge is 2.32. The summed E-state index contributed by atoms with van der Waals surface area (Å²) >= 11 is 3.67. The molecule has 0 saturated carbocycles. The van der Waals surface area contributed by atoms with E-state index in [2.05, 4.69) is 12.6 Å². The van der Waals surface area contributed by atoms with Crippen LogP contribution in [-0.4, -0.2) is 4.92 Å². The lowest BCUT2D eigenvalue weighted by Gasteiger charge is -2.06. The number of hydrogen-bond donors (Lipinski definition) is 1. The van der Waals surface area contributed by atoms with Crippen LogP contribution in [0, 0.1) is 10.1 Å². The van der Waals surface area contributed by atoms with Crippen LogP contribution in [-0.2, 0) is 6.18 Å². The van der Waals surface area contributed by atoms with E-state index in [1.807, 2.05) is 0 Å². The fourth-order valence-electron chi connectivity index (χ4n) is 0.846. The SMILES string of the molecule is O=[N+]([O-])c1cc(C(F)(F)F)ccc1S. The first kappa shape index (κ1) is 10.8. The van der Waals surface area contributed by atoms with Gasteiger partial charge in [0.05, 0.1) is 15.4 Å². The summed E-state index contributed by atoms with van der Waals surface area (Å²) in [6.07, 6.45) is -4.58. The van der Waals surface area contributed by atoms with Crippen LogP contribution in [0.15, 0.2) is 23.1 Å². The third kappa shape index (κ3) is 2.16. The molecule has 0 aliphatic heterocycles. The van der Waals surface area contributed by atoms with Gasteiger partial charge < -0.3 is 0 Å². The molecule has 76 valence electrons. The maximum absolute atomic E-state index is 12.1. The fourth-order valence-corrected chi connectivity index (χ4v) is 1.07.